The minimum atomic E-state index is -0.267. The second-order valence-electron chi connectivity index (χ2n) is 7.99. The summed E-state index contributed by atoms with van der Waals surface area (Å²) in [6.07, 6.45) is 2.31. The van der Waals surface area contributed by atoms with Crippen molar-refractivity contribution in [3.63, 3.8) is 0 Å². The number of carbonyl (C=O) groups excluding carboxylic acids is 1. The maximum atomic E-state index is 12.8. The average Bonchev–Trinajstić information content (AvgIpc) is 2.77. The van der Waals surface area contributed by atoms with Crippen LogP contribution < -0.4 is 14.8 Å². The second kappa shape index (κ2) is 9.10. The van der Waals surface area contributed by atoms with E-state index in [9.17, 15) is 4.79 Å². The van der Waals surface area contributed by atoms with Gasteiger partial charge in [0, 0.05) is 24.7 Å². The van der Waals surface area contributed by atoms with Crippen molar-refractivity contribution in [2.45, 2.75) is 45.8 Å². The number of thiocarbonyl (C=S) groups is 1. The van der Waals surface area contributed by atoms with Crippen LogP contribution in [-0.2, 0) is 11.4 Å². The molecular formula is C25H28N2O3S. The van der Waals surface area contributed by atoms with E-state index in [0.29, 0.717) is 36.2 Å². The van der Waals surface area contributed by atoms with Crippen molar-refractivity contribution in [3.05, 3.63) is 70.4 Å². The van der Waals surface area contributed by atoms with Crippen molar-refractivity contribution in [1.82, 2.24) is 10.2 Å². The van der Waals surface area contributed by atoms with Gasteiger partial charge < -0.3 is 19.7 Å². The summed E-state index contributed by atoms with van der Waals surface area (Å²) in [6, 6.07) is 13.9. The van der Waals surface area contributed by atoms with E-state index in [1.165, 1.54) is 5.56 Å². The van der Waals surface area contributed by atoms with Gasteiger partial charge in [-0.05, 0) is 62.2 Å². The minimum Gasteiger partial charge on any atom is -0.490 e. The number of nitrogens with one attached hydrogen (secondary N) is 1. The first kappa shape index (κ1) is 21.4. The molecule has 1 heterocycles. The fourth-order valence-corrected chi connectivity index (χ4v) is 4.35. The van der Waals surface area contributed by atoms with Crippen molar-refractivity contribution in [2.75, 3.05) is 13.7 Å². The molecule has 2 aliphatic rings. The highest BCUT2D eigenvalue weighted by Crippen LogP contribution is 2.39. The van der Waals surface area contributed by atoms with Crippen molar-refractivity contribution in [1.29, 1.82) is 0 Å². The van der Waals surface area contributed by atoms with Crippen molar-refractivity contribution in [2.24, 2.45) is 0 Å². The second-order valence-corrected chi connectivity index (χ2v) is 8.38. The molecule has 162 valence electrons. The lowest BCUT2D eigenvalue weighted by Gasteiger charge is -2.39. The highest BCUT2D eigenvalue weighted by Gasteiger charge is 2.36. The number of ether oxygens (including phenoxy) is 2. The molecule has 0 saturated carbocycles. The number of benzene rings is 2. The van der Waals surface area contributed by atoms with Crippen LogP contribution in [0.1, 0.15) is 48.9 Å². The third kappa shape index (κ3) is 4.44. The summed E-state index contributed by atoms with van der Waals surface area (Å²) in [7, 11) is 1.92. The van der Waals surface area contributed by atoms with Gasteiger partial charge in [-0.3, -0.25) is 4.79 Å². The van der Waals surface area contributed by atoms with Gasteiger partial charge in [-0.1, -0.05) is 35.9 Å². The molecule has 5 nitrogen and oxygen atoms in total. The van der Waals surface area contributed by atoms with Gasteiger partial charge in [0.1, 0.15) is 6.61 Å². The Labute approximate surface area is 189 Å². The molecule has 0 aromatic heterocycles. The molecule has 0 saturated heterocycles. The van der Waals surface area contributed by atoms with Crippen molar-refractivity contribution in [3.8, 4) is 11.5 Å². The molecule has 1 atom stereocenters. The van der Waals surface area contributed by atoms with Crippen LogP contribution in [0.15, 0.2) is 53.7 Å². The Hall–Kier alpha value is -2.86. The average molecular weight is 437 g/mol. The van der Waals surface area contributed by atoms with Crippen LogP contribution in [-0.4, -0.2) is 29.5 Å². The molecule has 2 aromatic rings. The van der Waals surface area contributed by atoms with Gasteiger partial charge in [0.05, 0.1) is 12.6 Å². The molecule has 0 spiro atoms. The third-order valence-electron chi connectivity index (χ3n) is 5.81. The molecule has 0 bridgehead atoms. The maximum absolute atomic E-state index is 12.8. The van der Waals surface area contributed by atoms with Gasteiger partial charge >= 0.3 is 0 Å². The summed E-state index contributed by atoms with van der Waals surface area (Å²) in [5.41, 5.74) is 5.12. The van der Waals surface area contributed by atoms with Crippen LogP contribution in [0.3, 0.4) is 0 Å². The van der Waals surface area contributed by atoms with Gasteiger partial charge in [0.25, 0.3) is 0 Å². The van der Waals surface area contributed by atoms with E-state index in [2.05, 4.69) is 36.5 Å². The number of Topliss-reactive ketones (excluding diaryl/α,β-unsaturated/α-hetero) is 1. The van der Waals surface area contributed by atoms with Crippen LogP contribution in [0, 0.1) is 6.92 Å². The molecule has 1 aliphatic heterocycles. The summed E-state index contributed by atoms with van der Waals surface area (Å²) in [5.74, 6) is 1.54. The molecule has 0 radical (unpaired) electrons. The smallest absolute Gasteiger partial charge is 0.173 e. The van der Waals surface area contributed by atoms with Gasteiger partial charge in [-0.2, -0.15) is 0 Å². The van der Waals surface area contributed by atoms with Gasteiger partial charge in [0.2, 0.25) is 0 Å². The number of ketones is 1. The topological polar surface area (TPSA) is 50.8 Å². The lowest BCUT2D eigenvalue weighted by Crippen LogP contribution is -2.47. The fraction of sp³-hybridized carbons (Fsp3) is 0.360. The van der Waals surface area contributed by atoms with E-state index in [4.69, 9.17) is 21.7 Å². The highest BCUT2D eigenvalue weighted by atomic mass is 32.1. The van der Waals surface area contributed by atoms with Crippen LogP contribution in [0.5, 0.6) is 11.5 Å². The van der Waals surface area contributed by atoms with Gasteiger partial charge in [0.15, 0.2) is 22.4 Å². The maximum Gasteiger partial charge on any atom is 0.173 e. The van der Waals surface area contributed by atoms with E-state index in [0.717, 1.165) is 35.2 Å². The summed E-state index contributed by atoms with van der Waals surface area (Å²) in [5, 5.41) is 3.98. The van der Waals surface area contributed by atoms with E-state index in [1.807, 2.05) is 37.1 Å². The minimum absolute atomic E-state index is 0.186. The molecule has 2 aromatic carbocycles. The van der Waals surface area contributed by atoms with Crippen molar-refractivity contribution >= 4 is 23.1 Å². The van der Waals surface area contributed by atoms with Crippen molar-refractivity contribution < 1.29 is 14.3 Å². The number of rotatable bonds is 6. The zero-order valence-corrected chi connectivity index (χ0v) is 19.1. The number of hydrogen-bond donors (Lipinski definition) is 1. The van der Waals surface area contributed by atoms with E-state index in [-0.39, 0.29) is 11.8 Å². The fourth-order valence-electron chi connectivity index (χ4n) is 4.12. The molecule has 0 fully saturated rings. The Morgan fingerprint density at radius 1 is 1.10 bits per heavy atom. The number of nitrogens with zero attached hydrogens (tertiary/aromatic N) is 1. The Balaban J connectivity index is 1.63. The van der Waals surface area contributed by atoms with Crippen LogP contribution >= 0.6 is 12.2 Å². The lowest BCUT2D eigenvalue weighted by atomic mass is 9.85. The molecule has 1 N–H and O–H groups in total. The van der Waals surface area contributed by atoms with Gasteiger partial charge in [-0.15, -0.1) is 0 Å². The molecule has 6 heteroatoms. The first-order chi connectivity index (χ1) is 15.0. The highest BCUT2D eigenvalue weighted by molar-refractivity contribution is 7.80. The zero-order valence-electron chi connectivity index (χ0n) is 18.2. The Morgan fingerprint density at radius 3 is 2.61 bits per heavy atom. The molecule has 1 aliphatic carbocycles. The SMILES string of the molecule is CCOc1cc(C2NC(=S)N(C)C3=C2C(=O)CCC3)ccc1OCc1ccc(C)cc1. The first-order valence-electron chi connectivity index (χ1n) is 10.7. The largest absolute Gasteiger partial charge is 0.490 e. The number of aryl methyl sites for hydroxylation is 1. The van der Waals surface area contributed by atoms with Gasteiger partial charge in [-0.25, -0.2) is 0 Å². The van der Waals surface area contributed by atoms with E-state index < -0.39 is 0 Å². The summed E-state index contributed by atoms with van der Waals surface area (Å²) in [6.45, 7) is 5.00. The summed E-state index contributed by atoms with van der Waals surface area (Å²) < 4.78 is 12.0. The summed E-state index contributed by atoms with van der Waals surface area (Å²) in [4.78, 5) is 14.7. The molecule has 1 unspecified atom stereocenters. The molecule has 0 amide bonds. The number of allylic oxidation sites excluding steroid dienone is 1. The monoisotopic (exact) mass is 436 g/mol. The predicted molar refractivity (Wildman–Crippen MR) is 125 cm³/mol. The summed E-state index contributed by atoms with van der Waals surface area (Å²) >= 11 is 5.54. The molecule has 31 heavy (non-hydrogen) atoms. The molecule has 4 rings (SSSR count). The lowest BCUT2D eigenvalue weighted by molar-refractivity contribution is -0.116. The van der Waals surface area contributed by atoms with E-state index in [1.54, 1.807) is 0 Å². The first-order valence-corrected chi connectivity index (χ1v) is 11.1. The van der Waals surface area contributed by atoms with Crippen LogP contribution in [0.4, 0.5) is 0 Å². The van der Waals surface area contributed by atoms with Crippen LogP contribution in [0.2, 0.25) is 0 Å². The Bertz CT molecular complexity index is 1030. The Kier molecular flexibility index (Phi) is 6.28. The number of carbonyl (C=O) groups is 1. The zero-order chi connectivity index (χ0) is 22.0. The number of hydrogen-bond acceptors (Lipinski definition) is 4. The molecular weight excluding hydrogens is 408 g/mol. The van der Waals surface area contributed by atoms with E-state index >= 15 is 0 Å². The third-order valence-corrected chi connectivity index (χ3v) is 6.20. The normalized spacial score (nSPS) is 18.5. The predicted octanol–water partition coefficient (Wildman–Crippen LogP) is 4.84. The standard InChI is InChI=1S/C25H28N2O3S/c1-4-29-22-14-18(12-13-21(22)30-15-17-10-8-16(2)9-11-17)24-23-19(6-5-7-20(23)28)27(3)25(31)26-24/h8-14,24H,4-7,15H2,1-3H3,(H,26,31). The quantitative estimate of drug-likeness (QED) is 0.654. The van der Waals surface area contributed by atoms with Crippen LogP contribution in [0.25, 0.3) is 0 Å². The Morgan fingerprint density at radius 2 is 1.87 bits per heavy atom.